The molecule has 0 atom stereocenters. The fraction of sp³-hybridized carbons (Fsp3) is 0. The van der Waals surface area contributed by atoms with E-state index in [9.17, 15) is 0 Å². The van der Waals surface area contributed by atoms with Crippen LogP contribution in [0.4, 0.5) is 17.1 Å². The minimum atomic E-state index is 0.907. The van der Waals surface area contributed by atoms with E-state index in [-0.39, 0.29) is 0 Å². The van der Waals surface area contributed by atoms with Crippen LogP contribution in [0.25, 0.3) is 42.1 Å². The molecule has 0 spiro atoms. The monoisotopic (exact) mass is 441 g/mol. The first kappa shape index (κ1) is 18.5. The third-order valence-electron chi connectivity index (χ3n) is 6.25. The van der Waals surface area contributed by atoms with E-state index in [2.05, 4.69) is 120 Å². The van der Waals surface area contributed by atoms with Crippen molar-refractivity contribution in [2.24, 2.45) is 0 Å². The van der Waals surface area contributed by atoms with Crippen molar-refractivity contribution in [2.75, 3.05) is 4.90 Å². The summed E-state index contributed by atoms with van der Waals surface area (Å²) in [6, 6.07) is 40.4. The summed E-state index contributed by atoms with van der Waals surface area (Å²) in [4.78, 5) is 2.32. The van der Waals surface area contributed by atoms with Crippen LogP contribution in [0.1, 0.15) is 0 Å². The van der Waals surface area contributed by atoms with Crippen molar-refractivity contribution in [2.45, 2.75) is 0 Å². The second-order valence-electron chi connectivity index (χ2n) is 8.17. The summed E-state index contributed by atoms with van der Waals surface area (Å²) >= 11 is 1.84. The highest BCUT2D eigenvalue weighted by Gasteiger charge is 2.21. The molecule has 0 aliphatic carbocycles. The lowest BCUT2D eigenvalue weighted by Gasteiger charge is -2.26. The van der Waals surface area contributed by atoms with Crippen LogP contribution in [-0.4, -0.2) is 0 Å². The molecule has 2 aromatic heterocycles. The van der Waals surface area contributed by atoms with Crippen LogP contribution in [0.15, 0.2) is 120 Å². The molecule has 0 N–H and O–H groups in total. The van der Waals surface area contributed by atoms with Crippen molar-refractivity contribution in [3.8, 4) is 0 Å². The third-order valence-corrected chi connectivity index (χ3v) is 7.46. The SMILES string of the molecule is c1ccc(N(c2ccccc2)c2cccc3oc4ccc5c6ccccc6sc5c4c23)cc1. The number of fused-ring (bicyclic) bond motifs is 7. The first-order valence-corrected chi connectivity index (χ1v) is 11.9. The smallest absolute Gasteiger partial charge is 0.137 e. The van der Waals surface area contributed by atoms with E-state index in [4.69, 9.17) is 4.42 Å². The predicted octanol–water partition coefficient (Wildman–Crippen LogP) is 9.42. The molecule has 0 aliphatic heterocycles. The summed E-state index contributed by atoms with van der Waals surface area (Å²) in [5.74, 6) is 0. The highest BCUT2D eigenvalue weighted by Crippen LogP contribution is 2.47. The largest absolute Gasteiger partial charge is 0.456 e. The van der Waals surface area contributed by atoms with Gasteiger partial charge in [0.15, 0.2) is 0 Å². The van der Waals surface area contributed by atoms with Crippen LogP contribution in [0.2, 0.25) is 0 Å². The molecule has 0 saturated heterocycles. The Morgan fingerprint density at radius 1 is 0.515 bits per heavy atom. The molecule has 0 radical (unpaired) electrons. The van der Waals surface area contributed by atoms with Gasteiger partial charge in [-0.15, -0.1) is 11.3 Å². The number of furan rings is 1. The maximum atomic E-state index is 6.40. The summed E-state index contributed by atoms with van der Waals surface area (Å²) in [5.41, 5.74) is 5.19. The highest BCUT2D eigenvalue weighted by atomic mass is 32.1. The van der Waals surface area contributed by atoms with Gasteiger partial charge in [0, 0.05) is 36.9 Å². The number of hydrogen-bond acceptors (Lipinski definition) is 3. The van der Waals surface area contributed by atoms with Crippen molar-refractivity contribution >= 4 is 70.5 Å². The molecule has 0 unspecified atom stereocenters. The fourth-order valence-corrected chi connectivity index (χ4v) is 6.08. The average Bonchev–Trinajstić information content (AvgIpc) is 3.44. The van der Waals surface area contributed by atoms with Crippen molar-refractivity contribution in [1.82, 2.24) is 0 Å². The van der Waals surface area contributed by atoms with Gasteiger partial charge in [0.1, 0.15) is 11.2 Å². The van der Waals surface area contributed by atoms with E-state index < -0.39 is 0 Å². The zero-order valence-corrected chi connectivity index (χ0v) is 18.5. The molecule has 0 fully saturated rings. The number of para-hydroxylation sites is 2. The first-order valence-electron chi connectivity index (χ1n) is 11.0. The Balaban J connectivity index is 1.63. The van der Waals surface area contributed by atoms with Crippen molar-refractivity contribution < 1.29 is 4.42 Å². The minimum absolute atomic E-state index is 0.907. The van der Waals surface area contributed by atoms with E-state index in [0.29, 0.717) is 0 Å². The highest BCUT2D eigenvalue weighted by molar-refractivity contribution is 7.26. The number of nitrogens with zero attached hydrogens (tertiary/aromatic N) is 1. The minimum Gasteiger partial charge on any atom is -0.456 e. The lowest BCUT2D eigenvalue weighted by atomic mass is 10.1. The summed E-state index contributed by atoms with van der Waals surface area (Å²) in [6.45, 7) is 0. The lowest BCUT2D eigenvalue weighted by Crippen LogP contribution is -2.09. The van der Waals surface area contributed by atoms with E-state index in [1.165, 1.54) is 25.6 Å². The number of rotatable bonds is 3. The number of anilines is 3. The van der Waals surface area contributed by atoms with Gasteiger partial charge in [0.2, 0.25) is 0 Å². The zero-order valence-electron chi connectivity index (χ0n) is 17.7. The Hall–Kier alpha value is -4.08. The Labute approximate surface area is 194 Å². The number of benzene rings is 5. The first-order chi connectivity index (χ1) is 16.4. The fourth-order valence-electron chi connectivity index (χ4n) is 4.83. The molecule has 7 rings (SSSR count). The second-order valence-corrected chi connectivity index (χ2v) is 9.22. The van der Waals surface area contributed by atoms with Crippen molar-refractivity contribution in [1.29, 1.82) is 0 Å². The molecular formula is C30H19NOS. The van der Waals surface area contributed by atoms with Crippen LogP contribution < -0.4 is 4.90 Å². The normalized spacial score (nSPS) is 11.6. The van der Waals surface area contributed by atoms with Crippen molar-refractivity contribution in [3.63, 3.8) is 0 Å². The molecule has 2 nitrogen and oxygen atoms in total. The Morgan fingerprint density at radius 2 is 1.18 bits per heavy atom. The Morgan fingerprint density at radius 3 is 1.94 bits per heavy atom. The summed E-state index contributed by atoms with van der Waals surface area (Å²) in [5, 5.41) is 4.93. The van der Waals surface area contributed by atoms with Gasteiger partial charge >= 0.3 is 0 Å². The van der Waals surface area contributed by atoms with Crippen LogP contribution in [0, 0.1) is 0 Å². The zero-order chi connectivity index (χ0) is 21.8. The van der Waals surface area contributed by atoms with E-state index >= 15 is 0 Å². The van der Waals surface area contributed by atoms with Gasteiger partial charge in [0.25, 0.3) is 0 Å². The van der Waals surface area contributed by atoms with Gasteiger partial charge in [-0.2, -0.15) is 0 Å². The third kappa shape index (κ3) is 2.80. The van der Waals surface area contributed by atoms with E-state index in [1.54, 1.807) is 0 Å². The Bertz CT molecular complexity index is 1720. The lowest BCUT2D eigenvalue weighted by molar-refractivity contribution is 0.669. The Kier molecular flexibility index (Phi) is 4.05. The maximum Gasteiger partial charge on any atom is 0.137 e. The summed E-state index contributed by atoms with van der Waals surface area (Å²) in [6.07, 6.45) is 0. The van der Waals surface area contributed by atoms with Gasteiger partial charge in [-0.1, -0.05) is 60.7 Å². The quantitative estimate of drug-likeness (QED) is 0.271. The molecule has 3 heteroatoms. The second kappa shape index (κ2) is 7.22. The molecule has 5 aromatic carbocycles. The van der Waals surface area contributed by atoms with Crippen LogP contribution in [0.5, 0.6) is 0 Å². The van der Waals surface area contributed by atoms with Gasteiger partial charge in [0.05, 0.1) is 11.1 Å². The topological polar surface area (TPSA) is 16.4 Å². The maximum absolute atomic E-state index is 6.40. The van der Waals surface area contributed by atoms with Crippen LogP contribution >= 0.6 is 11.3 Å². The molecule has 2 heterocycles. The summed E-state index contributed by atoms with van der Waals surface area (Å²) in [7, 11) is 0. The van der Waals surface area contributed by atoms with E-state index in [0.717, 1.165) is 33.6 Å². The molecule has 0 saturated carbocycles. The van der Waals surface area contributed by atoms with Crippen molar-refractivity contribution in [3.05, 3.63) is 115 Å². The van der Waals surface area contributed by atoms with Gasteiger partial charge in [-0.3, -0.25) is 0 Å². The van der Waals surface area contributed by atoms with Crippen LogP contribution in [0.3, 0.4) is 0 Å². The summed E-state index contributed by atoms with van der Waals surface area (Å²) < 4.78 is 8.98. The number of hydrogen-bond donors (Lipinski definition) is 0. The molecule has 0 aliphatic rings. The predicted molar refractivity (Wildman–Crippen MR) is 141 cm³/mol. The molecule has 156 valence electrons. The molecule has 0 bridgehead atoms. The van der Waals surface area contributed by atoms with E-state index in [1.807, 2.05) is 11.3 Å². The average molecular weight is 442 g/mol. The van der Waals surface area contributed by atoms with Gasteiger partial charge in [-0.25, -0.2) is 0 Å². The standard InChI is InChI=1S/C30H19NOS/c1-3-10-20(11-4-1)31(21-12-5-2-6-13-21)24-15-9-16-25-28(24)29-26(32-25)19-18-23-22-14-7-8-17-27(22)33-30(23)29/h1-19H. The van der Waals surface area contributed by atoms with Crippen LogP contribution in [-0.2, 0) is 0 Å². The molecule has 0 amide bonds. The van der Waals surface area contributed by atoms with Gasteiger partial charge in [-0.05, 0) is 54.6 Å². The van der Waals surface area contributed by atoms with Gasteiger partial charge < -0.3 is 9.32 Å². The number of thiophene rings is 1. The molecular weight excluding hydrogens is 422 g/mol. The molecule has 33 heavy (non-hydrogen) atoms. The molecule has 7 aromatic rings.